The van der Waals surface area contributed by atoms with Crippen molar-refractivity contribution in [3.8, 4) is 5.75 Å². The molecule has 1 fully saturated rings. The van der Waals surface area contributed by atoms with Gasteiger partial charge in [0.15, 0.2) is 5.96 Å². The van der Waals surface area contributed by atoms with Crippen LogP contribution in [0, 0.1) is 12.8 Å². The highest BCUT2D eigenvalue weighted by Crippen LogP contribution is 2.23. The van der Waals surface area contributed by atoms with Gasteiger partial charge in [-0.2, -0.15) is 8.78 Å². The highest BCUT2D eigenvalue weighted by atomic mass is 19.3. The largest absolute Gasteiger partial charge is 0.493 e. The lowest BCUT2D eigenvalue weighted by Crippen LogP contribution is -2.37. The molecule has 0 radical (unpaired) electrons. The number of hydrogen-bond acceptors (Lipinski definition) is 4. The van der Waals surface area contributed by atoms with Crippen LogP contribution in [0.1, 0.15) is 36.8 Å². The summed E-state index contributed by atoms with van der Waals surface area (Å²) in [5, 5.41) is 6.19. The quantitative estimate of drug-likeness (QED) is 0.480. The van der Waals surface area contributed by atoms with Crippen LogP contribution in [0.2, 0.25) is 0 Å². The van der Waals surface area contributed by atoms with E-state index < -0.39 is 6.55 Å². The molecule has 1 unspecified atom stereocenters. The lowest BCUT2D eigenvalue weighted by atomic mass is 10.1. The van der Waals surface area contributed by atoms with Crippen molar-refractivity contribution in [1.82, 2.24) is 20.2 Å². The monoisotopic (exact) mass is 421 g/mol. The van der Waals surface area contributed by atoms with Gasteiger partial charge in [0.25, 0.3) is 0 Å². The molecule has 0 bridgehead atoms. The summed E-state index contributed by atoms with van der Waals surface area (Å²) in [6, 6.07) is 6.04. The SMILES string of the molecule is CCNC(=NCc1ccc(C)cc1OCC1CCOC1)NCc1nccn1C(F)F. The number of nitrogens with one attached hydrogen (secondary N) is 2. The number of aryl methyl sites for hydroxylation is 1. The van der Waals surface area contributed by atoms with Crippen molar-refractivity contribution in [3.63, 3.8) is 0 Å². The first-order valence-corrected chi connectivity index (χ1v) is 10.2. The standard InChI is InChI=1S/C21H29F2N5O2/c1-3-24-21(27-12-19-25-7-8-28(19)20(22)23)26-11-17-5-4-15(2)10-18(17)30-14-16-6-9-29-13-16/h4-5,7-8,10,16,20H,3,6,9,11-14H2,1-2H3,(H2,24,26,27). The van der Waals surface area contributed by atoms with Gasteiger partial charge >= 0.3 is 6.55 Å². The fraction of sp³-hybridized carbons (Fsp3) is 0.524. The predicted octanol–water partition coefficient (Wildman–Crippen LogP) is 3.26. The number of rotatable bonds is 9. The number of guanidine groups is 1. The van der Waals surface area contributed by atoms with Crippen LogP contribution in [-0.4, -0.2) is 41.9 Å². The first-order chi connectivity index (χ1) is 14.6. The number of ether oxygens (including phenoxy) is 2. The predicted molar refractivity (Wildman–Crippen MR) is 111 cm³/mol. The summed E-state index contributed by atoms with van der Waals surface area (Å²) in [5.41, 5.74) is 2.08. The van der Waals surface area contributed by atoms with E-state index in [1.54, 1.807) is 0 Å². The van der Waals surface area contributed by atoms with Crippen LogP contribution in [0.15, 0.2) is 35.6 Å². The Kier molecular flexibility index (Phi) is 8.01. The van der Waals surface area contributed by atoms with Gasteiger partial charge in [-0.25, -0.2) is 9.98 Å². The van der Waals surface area contributed by atoms with Gasteiger partial charge in [-0.3, -0.25) is 4.57 Å². The third-order valence-corrected chi connectivity index (χ3v) is 4.85. The minimum atomic E-state index is -2.62. The van der Waals surface area contributed by atoms with Crippen molar-refractivity contribution in [2.75, 3.05) is 26.4 Å². The molecule has 1 saturated heterocycles. The summed E-state index contributed by atoms with van der Waals surface area (Å²) in [6.45, 7) is 4.68. The molecular weight excluding hydrogens is 392 g/mol. The summed E-state index contributed by atoms with van der Waals surface area (Å²) in [4.78, 5) is 8.57. The lowest BCUT2D eigenvalue weighted by molar-refractivity contribution is 0.0668. The highest BCUT2D eigenvalue weighted by molar-refractivity contribution is 5.79. The fourth-order valence-corrected chi connectivity index (χ4v) is 3.18. The molecule has 2 heterocycles. The smallest absolute Gasteiger partial charge is 0.319 e. The third-order valence-electron chi connectivity index (χ3n) is 4.85. The zero-order valence-electron chi connectivity index (χ0n) is 17.4. The molecule has 3 rings (SSSR count). The number of benzene rings is 1. The van der Waals surface area contributed by atoms with Gasteiger partial charge in [0.2, 0.25) is 0 Å². The molecule has 0 saturated carbocycles. The Morgan fingerprint density at radius 2 is 2.27 bits per heavy atom. The summed E-state index contributed by atoms with van der Waals surface area (Å²) in [7, 11) is 0. The Bertz CT molecular complexity index is 835. The van der Waals surface area contributed by atoms with Gasteiger partial charge in [-0.05, 0) is 31.9 Å². The van der Waals surface area contributed by atoms with Crippen molar-refractivity contribution in [3.05, 3.63) is 47.5 Å². The molecule has 2 N–H and O–H groups in total. The van der Waals surface area contributed by atoms with Crippen molar-refractivity contribution in [1.29, 1.82) is 0 Å². The van der Waals surface area contributed by atoms with Crippen molar-refractivity contribution in [2.24, 2.45) is 10.9 Å². The van der Waals surface area contributed by atoms with Crippen molar-refractivity contribution < 1.29 is 18.3 Å². The molecule has 1 aromatic carbocycles. The van der Waals surface area contributed by atoms with Gasteiger partial charge in [0.1, 0.15) is 11.6 Å². The van der Waals surface area contributed by atoms with Crippen LogP contribution in [0.4, 0.5) is 8.78 Å². The van der Waals surface area contributed by atoms with Gasteiger partial charge in [-0.15, -0.1) is 0 Å². The Morgan fingerprint density at radius 3 is 3.00 bits per heavy atom. The maximum Gasteiger partial charge on any atom is 0.319 e. The maximum atomic E-state index is 13.0. The molecular formula is C21H29F2N5O2. The third kappa shape index (κ3) is 6.16. The number of aliphatic imine (C=N–C) groups is 1. The summed E-state index contributed by atoms with van der Waals surface area (Å²) in [5.74, 6) is 2.00. The van der Waals surface area contributed by atoms with Crippen molar-refractivity contribution in [2.45, 2.75) is 39.9 Å². The van der Waals surface area contributed by atoms with Crippen LogP contribution >= 0.6 is 0 Å². The normalized spacial score (nSPS) is 16.8. The Morgan fingerprint density at radius 1 is 1.40 bits per heavy atom. The van der Waals surface area contributed by atoms with E-state index in [4.69, 9.17) is 9.47 Å². The minimum Gasteiger partial charge on any atom is -0.493 e. The van der Waals surface area contributed by atoms with Gasteiger partial charge < -0.3 is 20.1 Å². The van der Waals surface area contributed by atoms with E-state index in [2.05, 4.69) is 20.6 Å². The first kappa shape index (κ1) is 22.0. The molecule has 164 valence electrons. The Labute approximate surface area is 175 Å². The second-order valence-corrected chi connectivity index (χ2v) is 7.23. The second-order valence-electron chi connectivity index (χ2n) is 7.23. The Balaban J connectivity index is 1.65. The second kappa shape index (κ2) is 10.9. The van der Waals surface area contributed by atoms with E-state index in [0.717, 1.165) is 41.1 Å². The number of alkyl halides is 2. The van der Waals surface area contributed by atoms with Crippen LogP contribution < -0.4 is 15.4 Å². The van der Waals surface area contributed by atoms with Gasteiger partial charge in [0, 0.05) is 37.0 Å². The summed E-state index contributed by atoms with van der Waals surface area (Å²) >= 11 is 0. The van der Waals surface area contributed by atoms with Crippen molar-refractivity contribution >= 4 is 5.96 Å². The molecule has 1 aliphatic rings. The zero-order chi connectivity index (χ0) is 21.3. The number of aromatic nitrogens is 2. The summed E-state index contributed by atoms with van der Waals surface area (Å²) in [6.07, 6.45) is 3.64. The highest BCUT2D eigenvalue weighted by Gasteiger charge is 2.17. The van der Waals surface area contributed by atoms with Crippen LogP contribution in [0.25, 0.3) is 0 Å². The molecule has 7 nitrogen and oxygen atoms in total. The van der Waals surface area contributed by atoms with Gasteiger partial charge in [0.05, 0.1) is 26.3 Å². The fourth-order valence-electron chi connectivity index (χ4n) is 3.18. The molecule has 0 spiro atoms. The average molecular weight is 421 g/mol. The van der Waals surface area contributed by atoms with Gasteiger partial charge in [-0.1, -0.05) is 12.1 Å². The number of halogens is 2. The first-order valence-electron chi connectivity index (χ1n) is 10.2. The van der Waals surface area contributed by atoms with Crippen LogP contribution in [0.5, 0.6) is 5.75 Å². The molecule has 0 amide bonds. The number of hydrogen-bond donors (Lipinski definition) is 2. The molecule has 0 aliphatic carbocycles. The van der Waals surface area contributed by atoms with E-state index >= 15 is 0 Å². The molecule has 30 heavy (non-hydrogen) atoms. The molecule has 1 aliphatic heterocycles. The maximum absolute atomic E-state index is 13.0. The van der Waals surface area contributed by atoms with E-state index in [1.807, 2.05) is 32.0 Å². The number of nitrogens with zero attached hydrogens (tertiary/aromatic N) is 3. The molecule has 1 aromatic heterocycles. The minimum absolute atomic E-state index is 0.141. The summed E-state index contributed by atoms with van der Waals surface area (Å²) < 4.78 is 38.3. The van der Waals surface area contributed by atoms with E-state index in [1.165, 1.54) is 12.4 Å². The Hall–Kier alpha value is -2.68. The topological polar surface area (TPSA) is 72.7 Å². The van der Waals surface area contributed by atoms with Crippen LogP contribution in [-0.2, 0) is 17.8 Å². The zero-order valence-corrected chi connectivity index (χ0v) is 17.4. The van der Waals surface area contributed by atoms with Crippen LogP contribution in [0.3, 0.4) is 0 Å². The molecule has 2 aromatic rings. The molecule has 9 heteroatoms. The average Bonchev–Trinajstić information content (AvgIpc) is 3.41. The number of imidazole rings is 1. The lowest BCUT2D eigenvalue weighted by Gasteiger charge is -2.15. The van der Waals surface area contributed by atoms with E-state index in [-0.39, 0.29) is 12.4 Å². The van der Waals surface area contributed by atoms with E-state index in [0.29, 0.717) is 31.6 Å². The molecule has 1 atom stereocenters. The van der Waals surface area contributed by atoms with E-state index in [9.17, 15) is 8.78 Å².